The predicted octanol–water partition coefficient (Wildman–Crippen LogP) is 2.30. The summed E-state index contributed by atoms with van der Waals surface area (Å²) in [5.74, 6) is 1.39. The van der Waals surface area contributed by atoms with Crippen molar-refractivity contribution >= 4 is 5.78 Å². The first-order chi connectivity index (χ1) is 7.24. The van der Waals surface area contributed by atoms with E-state index in [2.05, 4.69) is 0 Å². The van der Waals surface area contributed by atoms with Crippen molar-refractivity contribution < 1.29 is 14.3 Å². The lowest BCUT2D eigenvalue weighted by Gasteiger charge is -2.10. The first-order valence-electron chi connectivity index (χ1n) is 5.08. The van der Waals surface area contributed by atoms with E-state index in [9.17, 15) is 4.79 Å². The van der Waals surface area contributed by atoms with Gasteiger partial charge in [0.05, 0.1) is 19.3 Å². The number of ketones is 1. The molecule has 0 fully saturated rings. The molecule has 1 aromatic rings. The third kappa shape index (κ3) is 1.69. The minimum atomic E-state index is 0.0263. The molecule has 0 N–H and O–H groups in total. The molecule has 3 heteroatoms. The standard InChI is InChI=1S/C12H14O3/c1-8-6-7-15-12-9(11(8)13)4-3-5-10(12)14-2/h3-5,8H,6-7H2,1-2H3. The molecule has 1 heterocycles. The Morgan fingerprint density at radius 1 is 1.47 bits per heavy atom. The number of para-hydroxylation sites is 1. The topological polar surface area (TPSA) is 35.5 Å². The average molecular weight is 206 g/mol. The van der Waals surface area contributed by atoms with Crippen LogP contribution in [0.25, 0.3) is 0 Å². The Bertz CT molecular complexity index is 384. The zero-order valence-corrected chi connectivity index (χ0v) is 8.95. The van der Waals surface area contributed by atoms with E-state index in [1.165, 1.54) is 0 Å². The van der Waals surface area contributed by atoms with Crippen LogP contribution in [0.5, 0.6) is 11.5 Å². The second-order valence-corrected chi connectivity index (χ2v) is 3.74. The summed E-state index contributed by atoms with van der Waals surface area (Å²) in [6.45, 7) is 2.50. The van der Waals surface area contributed by atoms with E-state index >= 15 is 0 Å². The molecule has 0 saturated carbocycles. The lowest BCUT2D eigenvalue weighted by Crippen LogP contribution is -2.09. The van der Waals surface area contributed by atoms with Crippen LogP contribution >= 0.6 is 0 Å². The molecule has 0 bridgehead atoms. The highest BCUT2D eigenvalue weighted by atomic mass is 16.5. The van der Waals surface area contributed by atoms with Gasteiger partial charge in [0.15, 0.2) is 17.3 Å². The molecule has 0 amide bonds. The van der Waals surface area contributed by atoms with Crippen LogP contribution in [0.2, 0.25) is 0 Å². The van der Waals surface area contributed by atoms with Gasteiger partial charge in [-0.1, -0.05) is 13.0 Å². The van der Waals surface area contributed by atoms with Crippen LogP contribution < -0.4 is 9.47 Å². The maximum absolute atomic E-state index is 12.0. The van der Waals surface area contributed by atoms with Gasteiger partial charge >= 0.3 is 0 Å². The van der Waals surface area contributed by atoms with Gasteiger partial charge < -0.3 is 9.47 Å². The fourth-order valence-corrected chi connectivity index (χ4v) is 1.75. The number of Topliss-reactive ketones (excluding diaryl/α,β-unsaturated/α-hetero) is 1. The summed E-state index contributed by atoms with van der Waals surface area (Å²) in [5, 5.41) is 0. The van der Waals surface area contributed by atoms with Crippen molar-refractivity contribution in [1.29, 1.82) is 0 Å². The Hall–Kier alpha value is -1.51. The molecule has 3 nitrogen and oxygen atoms in total. The minimum Gasteiger partial charge on any atom is -0.493 e. The summed E-state index contributed by atoms with van der Waals surface area (Å²) in [7, 11) is 1.58. The molecule has 1 aliphatic heterocycles. The van der Waals surface area contributed by atoms with Crippen LogP contribution in [0.3, 0.4) is 0 Å². The van der Waals surface area contributed by atoms with Crippen LogP contribution in [0.1, 0.15) is 23.7 Å². The number of methoxy groups -OCH3 is 1. The molecule has 0 aliphatic carbocycles. The molecule has 1 aliphatic rings. The molecule has 80 valence electrons. The van der Waals surface area contributed by atoms with Gasteiger partial charge in [-0.2, -0.15) is 0 Å². The Morgan fingerprint density at radius 2 is 2.27 bits per heavy atom. The summed E-state index contributed by atoms with van der Waals surface area (Å²) in [5.41, 5.74) is 0.638. The summed E-state index contributed by atoms with van der Waals surface area (Å²) in [4.78, 5) is 12.0. The smallest absolute Gasteiger partial charge is 0.171 e. The minimum absolute atomic E-state index is 0.0263. The molecule has 0 aromatic heterocycles. The first-order valence-corrected chi connectivity index (χ1v) is 5.08. The number of hydrogen-bond acceptors (Lipinski definition) is 3. The Labute approximate surface area is 89.0 Å². The number of ether oxygens (including phenoxy) is 2. The van der Waals surface area contributed by atoms with Crippen molar-refractivity contribution in [1.82, 2.24) is 0 Å². The molecule has 0 saturated heterocycles. The van der Waals surface area contributed by atoms with Gasteiger partial charge in [-0.15, -0.1) is 0 Å². The molecule has 2 rings (SSSR count). The van der Waals surface area contributed by atoms with E-state index in [-0.39, 0.29) is 11.7 Å². The number of fused-ring (bicyclic) bond motifs is 1. The van der Waals surface area contributed by atoms with Crippen molar-refractivity contribution in [2.24, 2.45) is 5.92 Å². The summed E-state index contributed by atoms with van der Waals surface area (Å²) in [6.07, 6.45) is 0.761. The van der Waals surface area contributed by atoms with Crippen LogP contribution in [-0.4, -0.2) is 19.5 Å². The number of carbonyl (C=O) groups is 1. The second kappa shape index (κ2) is 3.93. The van der Waals surface area contributed by atoms with Crippen LogP contribution in [0, 0.1) is 5.92 Å². The van der Waals surface area contributed by atoms with Gasteiger partial charge in [-0.25, -0.2) is 0 Å². The van der Waals surface area contributed by atoms with Gasteiger partial charge in [-0.3, -0.25) is 4.79 Å². The van der Waals surface area contributed by atoms with E-state index in [4.69, 9.17) is 9.47 Å². The van der Waals surface area contributed by atoms with E-state index in [0.717, 1.165) is 6.42 Å². The van der Waals surface area contributed by atoms with E-state index in [0.29, 0.717) is 23.7 Å². The molecular weight excluding hydrogens is 192 g/mol. The van der Waals surface area contributed by atoms with Crippen molar-refractivity contribution in [2.75, 3.05) is 13.7 Å². The lowest BCUT2D eigenvalue weighted by molar-refractivity contribution is 0.0927. The maximum Gasteiger partial charge on any atom is 0.171 e. The summed E-state index contributed by atoms with van der Waals surface area (Å²) in [6, 6.07) is 5.42. The average Bonchev–Trinajstić information content (AvgIpc) is 2.40. The van der Waals surface area contributed by atoms with Crippen molar-refractivity contribution in [2.45, 2.75) is 13.3 Å². The van der Waals surface area contributed by atoms with Crippen molar-refractivity contribution in [3.8, 4) is 11.5 Å². The predicted molar refractivity (Wildman–Crippen MR) is 56.6 cm³/mol. The normalized spacial score (nSPS) is 20.1. The largest absolute Gasteiger partial charge is 0.493 e. The fraction of sp³-hybridized carbons (Fsp3) is 0.417. The van der Waals surface area contributed by atoms with E-state index < -0.39 is 0 Å². The number of rotatable bonds is 1. The summed E-state index contributed by atoms with van der Waals surface area (Å²) >= 11 is 0. The van der Waals surface area contributed by atoms with Gasteiger partial charge in [0.25, 0.3) is 0 Å². The highest BCUT2D eigenvalue weighted by molar-refractivity contribution is 6.01. The highest BCUT2D eigenvalue weighted by Gasteiger charge is 2.25. The molecule has 1 unspecified atom stereocenters. The Balaban J connectivity index is 2.52. The van der Waals surface area contributed by atoms with E-state index in [1.54, 1.807) is 13.2 Å². The van der Waals surface area contributed by atoms with Crippen molar-refractivity contribution in [3.05, 3.63) is 23.8 Å². The second-order valence-electron chi connectivity index (χ2n) is 3.74. The molecule has 0 radical (unpaired) electrons. The Morgan fingerprint density at radius 3 is 3.00 bits per heavy atom. The fourth-order valence-electron chi connectivity index (χ4n) is 1.75. The van der Waals surface area contributed by atoms with E-state index in [1.807, 2.05) is 19.1 Å². The Kier molecular flexibility index (Phi) is 2.62. The maximum atomic E-state index is 12.0. The third-order valence-corrected chi connectivity index (χ3v) is 2.71. The SMILES string of the molecule is COc1cccc2c1OCCC(C)C2=O. The van der Waals surface area contributed by atoms with Gasteiger partial charge in [0.1, 0.15) is 0 Å². The lowest BCUT2D eigenvalue weighted by atomic mass is 9.97. The highest BCUT2D eigenvalue weighted by Crippen LogP contribution is 2.35. The summed E-state index contributed by atoms with van der Waals surface area (Å²) < 4.78 is 10.7. The molecule has 0 spiro atoms. The van der Waals surface area contributed by atoms with Gasteiger partial charge in [0, 0.05) is 5.92 Å². The number of carbonyl (C=O) groups excluding carboxylic acids is 1. The molecule has 15 heavy (non-hydrogen) atoms. The molecule has 1 atom stereocenters. The molecule has 1 aromatic carbocycles. The van der Waals surface area contributed by atoms with Crippen LogP contribution in [0.4, 0.5) is 0 Å². The van der Waals surface area contributed by atoms with Crippen LogP contribution in [0.15, 0.2) is 18.2 Å². The first kappa shape index (κ1) is 10.0. The zero-order chi connectivity index (χ0) is 10.8. The van der Waals surface area contributed by atoms with Crippen molar-refractivity contribution in [3.63, 3.8) is 0 Å². The quantitative estimate of drug-likeness (QED) is 0.707. The number of benzene rings is 1. The van der Waals surface area contributed by atoms with Gasteiger partial charge in [-0.05, 0) is 18.6 Å². The zero-order valence-electron chi connectivity index (χ0n) is 8.95. The number of hydrogen-bond donors (Lipinski definition) is 0. The monoisotopic (exact) mass is 206 g/mol. The van der Waals surface area contributed by atoms with Crippen LogP contribution in [-0.2, 0) is 0 Å². The van der Waals surface area contributed by atoms with Gasteiger partial charge in [0.2, 0.25) is 0 Å². The molecular formula is C12H14O3. The third-order valence-electron chi connectivity index (χ3n) is 2.71.